The van der Waals surface area contributed by atoms with Crippen molar-refractivity contribution in [2.75, 3.05) is 12.3 Å². The number of hydrogen-bond acceptors (Lipinski definition) is 2. The van der Waals surface area contributed by atoms with E-state index in [0.29, 0.717) is 5.92 Å². The molecule has 0 spiro atoms. The molecule has 0 saturated heterocycles. The van der Waals surface area contributed by atoms with Crippen molar-refractivity contribution in [2.24, 2.45) is 0 Å². The first kappa shape index (κ1) is 21.1. The second-order valence-electron chi connectivity index (χ2n) is 6.58. The molecule has 25 heavy (non-hydrogen) atoms. The molecule has 1 aromatic rings. The normalized spacial score (nSPS) is 14.5. The van der Waals surface area contributed by atoms with Gasteiger partial charge < -0.3 is 10.6 Å². The molecule has 1 aliphatic heterocycles. The molecule has 0 aliphatic carbocycles. The molecule has 0 saturated carbocycles. The van der Waals surface area contributed by atoms with Gasteiger partial charge in [-0.1, -0.05) is 64.6 Å². The van der Waals surface area contributed by atoms with Crippen LogP contribution in [-0.4, -0.2) is 11.4 Å². The molecule has 2 N–H and O–H groups in total. The van der Waals surface area contributed by atoms with Crippen LogP contribution in [0.5, 0.6) is 0 Å². The van der Waals surface area contributed by atoms with Crippen LogP contribution in [-0.2, 0) is 13.0 Å². The van der Waals surface area contributed by atoms with Gasteiger partial charge >= 0.3 is 0 Å². The summed E-state index contributed by atoms with van der Waals surface area (Å²) in [4.78, 5) is 2.33. The SMILES string of the molecule is C=CC=CC(CCC)c1cc(C)c(N)c2c1CCN(C(=C)C)C2.CC. The van der Waals surface area contributed by atoms with E-state index in [1.807, 2.05) is 19.9 Å². The average molecular weight is 341 g/mol. The predicted molar refractivity (Wildman–Crippen MR) is 113 cm³/mol. The highest BCUT2D eigenvalue weighted by Gasteiger charge is 2.24. The summed E-state index contributed by atoms with van der Waals surface area (Å²) in [7, 11) is 0. The van der Waals surface area contributed by atoms with Crippen molar-refractivity contribution in [3.63, 3.8) is 0 Å². The van der Waals surface area contributed by atoms with E-state index in [4.69, 9.17) is 5.73 Å². The van der Waals surface area contributed by atoms with Crippen LogP contribution in [0, 0.1) is 6.92 Å². The van der Waals surface area contributed by atoms with Gasteiger partial charge in [0.05, 0.1) is 0 Å². The van der Waals surface area contributed by atoms with Gasteiger partial charge in [0.2, 0.25) is 0 Å². The van der Waals surface area contributed by atoms with Crippen LogP contribution in [0.25, 0.3) is 0 Å². The van der Waals surface area contributed by atoms with Crippen molar-refractivity contribution >= 4 is 5.69 Å². The third-order valence-corrected chi connectivity index (χ3v) is 4.83. The number of benzene rings is 1. The Balaban J connectivity index is 0.00000151. The standard InChI is InChI=1S/C21H30N2.C2H6/c1-6-8-10-17(9-7-2)19-13-16(5)21(22)20-14-23(15(3)4)12-11-18(19)20;1-2/h6,8,10,13,17H,1,3,7,9,11-12,14,22H2,2,4-5H3;1-2H3. The smallest absolute Gasteiger partial charge is 0.0449 e. The van der Waals surface area contributed by atoms with Crippen molar-refractivity contribution in [1.29, 1.82) is 0 Å². The molecule has 1 unspecified atom stereocenters. The Labute approximate surface area is 155 Å². The van der Waals surface area contributed by atoms with Crippen LogP contribution in [0.2, 0.25) is 0 Å². The molecule has 1 atom stereocenters. The second-order valence-corrected chi connectivity index (χ2v) is 6.58. The summed E-state index contributed by atoms with van der Waals surface area (Å²) in [6, 6.07) is 2.30. The van der Waals surface area contributed by atoms with Crippen LogP contribution < -0.4 is 5.73 Å². The van der Waals surface area contributed by atoms with E-state index in [0.717, 1.165) is 37.3 Å². The topological polar surface area (TPSA) is 29.3 Å². The van der Waals surface area contributed by atoms with E-state index >= 15 is 0 Å². The molecule has 1 aliphatic rings. The number of nitrogens with zero attached hydrogens (tertiary/aromatic N) is 1. The summed E-state index contributed by atoms with van der Waals surface area (Å²) in [5, 5.41) is 0. The quantitative estimate of drug-likeness (QED) is 0.499. The van der Waals surface area contributed by atoms with Crippen molar-refractivity contribution in [3.05, 3.63) is 65.4 Å². The molecule has 2 heteroatoms. The summed E-state index contributed by atoms with van der Waals surface area (Å²) >= 11 is 0. The number of anilines is 1. The molecule has 2 nitrogen and oxygen atoms in total. The lowest BCUT2D eigenvalue weighted by Crippen LogP contribution is -2.30. The Bertz CT molecular complexity index is 625. The molecule has 0 bridgehead atoms. The Morgan fingerprint density at radius 2 is 2.04 bits per heavy atom. The first-order chi connectivity index (χ1) is 12.0. The van der Waals surface area contributed by atoms with Crippen molar-refractivity contribution in [3.8, 4) is 0 Å². The van der Waals surface area contributed by atoms with E-state index in [-0.39, 0.29) is 0 Å². The first-order valence-corrected chi connectivity index (χ1v) is 9.60. The minimum Gasteiger partial charge on any atom is -0.398 e. The molecule has 2 rings (SSSR count). The zero-order valence-corrected chi connectivity index (χ0v) is 16.9. The number of hydrogen-bond donors (Lipinski definition) is 1. The molecule has 138 valence electrons. The van der Waals surface area contributed by atoms with Gasteiger partial charge in [0.25, 0.3) is 0 Å². The fourth-order valence-corrected chi connectivity index (χ4v) is 3.50. The summed E-state index contributed by atoms with van der Waals surface area (Å²) in [6.07, 6.45) is 9.59. The van der Waals surface area contributed by atoms with E-state index in [9.17, 15) is 0 Å². The minimum atomic E-state index is 0.447. The summed E-state index contributed by atoms with van der Waals surface area (Å²) < 4.78 is 0. The zero-order valence-electron chi connectivity index (χ0n) is 16.9. The predicted octanol–water partition coefficient (Wildman–Crippen LogP) is 6.12. The third kappa shape index (κ3) is 5.01. The Hall–Kier alpha value is -1.96. The van der Waals surface area contributed by atoms with E-state index in [2.05, 4.69) is 57.0 Å². The molecular weight excluding hydrogens is 304 g/mol. The van der Waals surface area contributed by atoms with Gasteiger partial charge in [0, 0.05) is 30.4 Å². The number of nitrogens with two attached hydrogens (primary N) is 1. The maximum atomic E-state index is 6.42. The number of aryl methyl sites for hydroxylation is 1. The fourth-order valence-electron chi connectivity index (χ4n) is 3.50. The van der Waals surface area contributed by atoms with Crippen LogP contribution in [0.1, 0.15) is 68.7 Å². The summed E-state index contributed by atoms with van der Waals surface area (Å²) in [6.45, 7) is 20.3. The molecule has 1 aromatic carbocycles. The lowest BCUT2D eigenvalue weighted by molar-refractivity contribution is 0.324. The molecule has 0 fully saturated rings. The molecule has 1 heterocycles. The maximum Gasteiger partial charge on any atom is 0.0449 e. The largest absolute Gasteiger partial charge is 0.398 e. The molecular formula is C23H36N2. The highest BCUT2D eigenvalue weighted by molar-refractivity contribution is 5.61. The lowest BCUT2D eigenvalue weighted by Gasteiger charge is -2.34. The van der Waals surface area contributed by atoms with Crippen molar-refractivity contribution in [1.82, 2.24) is 4.90 Å². The van der Waals surface area contributed by atoms with E-state index < -0.39 is 0 Å². The van der Waals surface area contributed by atoms with Crippen LogP contribution in [0.3, 0.4) is 0 Å². The van der Waals surface area contributed by atoms with Gasteiger partial charge in [0.1, 0.15) is 0 Å². The third-order valence-electron chi connectivity index (χ3n) is 4.83. The highest BCUT2D eigenvalue weighted by atomic mass is 15.1. The van der Waals surface area contributed by atoms with Gasteiger partial charge in [-0.15, -0.1) is 0 Å². The second kappa shape index (κ2) is 10.1. The molecule has 0 radical (unpaired) electrons. The molecule has 0 amide bonds. The van der Waals surface area contributed by atoms with Crippen LogP contribution in [0.4, 0.5) is 5.69 Å². The Morgan fingerprint density at radius 1 is 1.36 bits per heavy atom. The number of allylic oxidation sites excluding steroid dienone is 4. The fraction of sp³-hybridized carbons (Fsp3) is 0.478. The highest BCUT2D eigenvalue weighted by Crippen LogP contribution is 2.36. The molecule has 0 aromatic heterocycles. The maximum absolute atomic E-state index is 6.42. The summed E-state index contributed by atoms with van der Waals surface area (Å²) in [5.74, 6) is 0.447. The van der Waals surface area contributed by atoms with Crippen LogP contribution in [0.15, 0.2) is 43.1 Å². The van der Waals surface area contributed by atoms with E-state index in [1.165, 1.54) is 28.7 Å². The zero-order chi connectivity index (χ0) is 19.0. The first-order valence-electron chi connectivity index (χ1n) is 9.60. The average Bonchev–Trinajstić information content (AvgIpc) is 2.63. The van der Waals surface area contributed by atoms with E-state index in [1.54, 1.807) is 0 Å². The van der Waals surface area contributed by atoms with Crippen LogP contribution >= 0.6 is 0 Å². The Kier molecular flexibility index (Phi) is 8.54. The van der Waals surface area contributed by atoms with Crippen molar-refractivity contribution < 1.29 is 0 Å². The van der Waals surface area contributed by atoms with Gasteiger partial charge in [-0.2, -0.15) is 0 Å². The lowest BCUT2D eigenvalue weighted by atomic mass is 9.83. The Morgan fingerprint density at radius 3 is 2.60 bits per heavy atom. The number of fused-ring (bicyclic) bond motifs is 1. The monoisotopic (exact) mass is 340 g/mol. The summed E-state index contributed by atoms with van der Waals surface area (Å²) in [5.41, 5.74) is 13.9. The minimum absolute atomic E-state index is 0.447. The van der Waals surface area contributed by atoms with Gasteiger partial charge in [-0.3, -0.25) is 0 Å². The van der Waals surface area contributed by atoms with Gasteiger partial charge in [-0.25, -0.2) is 0 Å². The van der Waals surface area contributed by atoms with Gasteiger partial charge in [-0.05, 0) is 48.9 Å². The number of nitrogen functional groups attached to an aromatic ring is 1. The van der Waals surface area contributed by atoms with Crippen molar-refractivity contribution in [2.45, 2.75) is 66.3 Å². The number of rotatable bonds is 6. The van der Waals surface area contributed by atoms with Gasteiger partial charge in [0.15, 0.2) is 0 Å².